The van der Waals surface area contributed by atoms with E-state index >= 15 is 0 Å². The maximum Gasteiger partial charge on any atom is 0.0526 e. The van der Waals surface area contributed by atoms with Crippen LogP contribution in [0.25, 0.3) is 5.57 Å². The van der Waals surface area contributed by atoms with Crippen LogP contribution in [-0.2, 0) is 12.8 Å². The van der Waals surface area contributed by atoms with Crippen molar-refractivity contribution in [2.45, 2.75) is 67.2 Å². The quantitative estimate of drug-likeness (QED) is 0.463. The van der Waals surface area contributed by atoms with E-state index in [1.165, 1.54) is 64.7 Å². The maximum atomic E-state index is 5.06. The highest BCUT2D eigenvalue weighted by Gasteiger charge is 2.34. The van der Waals surface area contributed by atoms with Crippen molar-refractivity contribution in [1.82, 2.24) is 0 Å². The van der Waals surface area contributed by atoms with Gasteiger partial charge >= 0.3 is 0 Å². The van der Waals surface area contributed by atoms with Gasteiger partial charge in [-0.15, -0.1) is 0 Å². The molecule has 0 spiro atoms. The molecule has 1 aromatic carbocycles. The van der Waals surface area contributed by atoms with Crippen molar-refractivity contribution < 1.29 is 0 Å². The van der Waals surface area contributed by atoms with Gasteiger partial charge in [-0.25, -0.2) is 0 Å². The van der Waals surface area contributed by atoms with E-state index in [2.05, 4.69) is 72.9 Å². The third kappa shape index (κ3) is 3.29. The predicted octanol–water partition coefficient (Wildman–Crippen LogP) is 7.64. The fraction of sp³-hybridized carbons (Fsp3) is 0.414. The van der Waals surface area contributed by atoms with Crippen molar-refractivity contribution in [3.8, 4) is 0 Å². The summed E-state index contributed by atoms with van der Waals surface area (Å²) in [5.74, 6) is 0.486. The first-order valence-electron chi connectivity index (χ1n) is 11.4. The first kappa shape index (κ1) is 20.8. The highest BCUT2D eigenvalue weighted by Crippen LogP contribution is 2.47. The SMILES string of the molecule is C=C(C)C1=CC2C(=C1)N=C(C)C(C(C)C(=C)C)=C2c1cc(C)c2c(c1C)CCCC2. The third-order valence-electron chi connectivity index (χ3n) is 7.37. The molecule has 2 atom stereocenters. The third-order valence-corrected chi connectivity index (χ3v) is 7.37. The lowest BCUT2D eigenvalue weighted by atomic mass is 9.74. The molecule has 0 amide bonds. The van der Waals surface area contributed by atoms with Crippen molar-refractivity contribution >= 4 is 11.3 Å². The molecule has 0 saturated heterocycles. The van der Waals surface area contributed by atoms with Gasteiger partial charge in [-0.05, 0) is 111 Å². The Hall–Kier alpha value is -2.41. The number of aliphatic imine (C=N–C) groups is 1. The molecule has 4 rings (SSSR count). The second kappa shape index (κ2) is 7.69. The number of fused-ring (bicyclic) bond motifs is 2. The van der Waals surface area contributed by atoms with E-state index < -0.39 is 0 Å². The monoisotopic (exact) mass is 397 g/mol. The van der Waals surface area contributed by atoms with Gasteiger partial charge in [-0.3, -0.25) is 4.99 Å². The van der Waals surface area contributed by atoms with Crippen molar-refractivity contribution in [3.63, 3.8) is 0 Å². The Balaban J connectivity index is 2.02. The normalized spacial score (nSPS) is 21.4. The Morgan fingerprint density at radius 1 is 1.07 bits per heavy atom. The lowest BCUT2D eigenvalue weighted by molar-refractivity contribution is 0.677. The number of hydrogen-bond donors (Lipinski definition) is 0. The maximum absolute atomic E-state index is 5.06. The van der Waals surface area contributed by atoms with Crippen LogP contribution < -0.4 is 0 Å². The summed E-state index contributed by atoms with van der Waals surface area (Å²) in [7, 11) is 0. The van der Waals surface area contributed by atoms with Gasteiger partial charge in [0.05, 0.1) is 5.70 Å². The Bertz CT molecular complexity index is 1080. The van der Waals surface area contributed by atoms with Crippen LogP contribution in [0.4, 0.5) is 0 Å². The smallest absolute Gasteiger partial charge is 0.0526 e. The summed E-state index contributed by atoms with van der Waals surface area (Å²) < 4.78 is 0. The summed E-state index contributed by atoms with van der Waals surface area (Å²) in [6, 6.07) is 2.46. The summed E-state index contributed by atoms with van der Waals surface area (Å²) >= 11 is 0. The second-order valence-electron chi connectivity index (χ2n) is 9.57. The van der Waals surface area contributed by atoms with E-state index in [0.717, 1.165) is 17.0 Å². The zero-order chi connectivity index (χ0) is 21.7. The molecule has 1 nitrogen and oxygen atoms in total. The predicted molar refractivity (Wildman–Crippen MR) is 131 cm³/mol. The summed E-state index contributed by atoms with van der Waals surface area (Å²) in [5, 5.41) is 0. The van der Waals surface area contributed by atoms with Gasteiger partial charge in [-0.2, -0.15) is 0 Å². The largest absolute Gasteiger partial charge is 0.257 e. The van der Waals surface area contributed by atoms with E-state index in [-0.39, 0.29) is 11.8 Å². The lowest BCUT2D eigenvalue weighted by Gasteiger charge is -2.32. The first-order valence-corrected chi connectivity index (χ1v) is 11.4. The molecule has 0 fully saturated rings. The molecule has 156 valence electrons. The molecule has 3 aliphatic rings. The number of aryl methyl sites for hydroxylation is 1. The molecule has 0 aromatic heterocycles. The molecule has 0 N–H and O–H groups in total. The van der Waals surface area contributed by atoms with E-state index in [0.29, 0.717) is 0 Å². The molecule has 30 heavy (non-hydrogen) atoms. The van der Waals surface area contributed by atoms with Crippen LogP contribution in [-0.4, -0.2) is 5.71 Å². The lowest BCUT2D eigenvalue weighted by Crippen LogP contribution is -2.21. The highest BCUT2D eigenvalue weighted by atomic mass is 14.8. The zero-order valence-corrected chi connectivity index (χ0v) is 19.6. The standard InChI is InChI=1S/C29H35N/c1-16(2)19(6)28-21(8)30-27-15-22(17(3)4)14-26(27)29(28)25-13-18(5)23-11-9-10-12-24(23)20(25)7/h13-15,19,26H,1,3,9-12H2,2,4-8H3. The fourth-order valence-corrected chi connectivity index (χ4v) is 5.49. The molecule has 0 saturated carbocycles. The Morgan fingerprint density at radius 3 is 2.37 bits per heavy atom. The average Bonchev–Trinajstić information content (AvgIpc) is 3.13. The van der Waals surface area contributed by atoms with E-state index in [1.807, 2.05) is 0 Å². The molecule has 1 aromatic rings. The van der Waals surface area contributed by atoms with Gasteiger partial charge in [0.25, 0.3) is 0 Å². The Morgan fingerprint density at radius 2 is 1.73 bits per heavy atom. The van der Waals surface area contributed by atoms with Crippen LogP contribution in [0.5, 0.6) is 0 Å². The van der Waals surface area contributed by atoms with Gasteiger partial charge in [-0.1, -0.05) is 43.4 Å². The van der Waals surface area contributed by atoms with Crippen LogP contribution in [0.15, 0.2) is 64.4 Å². The van der Waals surface area contributed by atoms with Gasteiger partial charge in [0, 0.05) is 17.5 Å². The number of allylic oxidation sites excluding steroid dienone is 6. The Labute approximate surface area is 182 Å². The molecule has 0 radical (unpaired) electrons. The molecular formula is C29H35N. The summed E-state index contributed by atoms with van der Waals surface area (Å²) in [5.41, 5.74) is 16.2. The number of hydrogen-bond acceptors (Lipinski definition) is 1. The Kier molecular flexibility index (Phi) is 5.34. The minimum Gasteiger partial charge on any atom is -0.257 e. The van der Waals surface area contributed by atoms with Crippen LogP contribution in [0.1, 0.15) is 68.4 Å². The zero-order valence-electron chi connectivity index (χ0n) is 19.6. The topological polar surface area (TPSA) is 12.4 Å². The molecule has 2 aliphatic carbocycles. The number of dihydropyridines is 1. The summed E-state index contributed by atoms with van der Waals surface area (Å²) in [6.45, 7) is 21.8. The van der Waals surface area contributed by atoms with E-state index in [1.54, 1.807) is 11.1 Å². The van der Waals surface area contributed by atoms with Gasteiger partial charge in [0.2, 0.25) is 0 Å². The second-order valence-corrected chi connectivity index (χ2v) is 9.57. The van der Waals surface area contributed by atoms with Gasteiger partial charge in [0.1, 0.15) is 0 Å². The highest BCUT2D eigenvalue weighted by molar-refractivity contribution is 6.09. The fourth-order valence-electron chi connectivity index (χ4n) is 5.49. The van der Waals surface area contributed by atoms with Gasteiger partial charge in [0.15, 0.2) is 0 Å². The first-order chi connectivity index (χ1) is 14.2. The summed E-state index contributed by atoms with van der Waals surface area (Å²) in [6.07, 6.45) is 9.67. The van der Waals surface area contributed by atoms with Crippen LogP contribution in [0, 0.1) is 25.7 Å². The van der Waals surface area contributed by atoms with E-state index in [4.69, 9.17) is 4.99 Å². The summed E-state index contributed by atoms with van der Waals surface area (Å²) in [4.78, 5) is 5.06. The van der Waals surface area contributed by atoms with Crippen molar-refractivity contribution in [3.05, 3.63) is 87.2 Å². The number of benzene rings is 1. The number of rotatable bonds is 4. The van der Waals surface area contributed by atoms with Crippen LogP contribution >= 0.6 is 0 Å². The molecule has 1 heterocycles. The van der Waals surface area contributed by atoms with Crippen molar-refractivity contribution in [1.29, 1.82) is 0 Å². The minimum absolute atomic E-state index is 0.206. The van der Waals surface area contributed by atoms with Crippen molar-refractivity contribution in [2.24, 2.45) is 16.8 Å². The van der Waals surface area contributed by atoms with E-state index in [9.17, 15) is 0 Å². The van der Waals surface area contributed by atoms with Crippen molar-refractivity contribution in [2.75, 3.05) is 0 Å². The molecule has 0 bridgehead atoms. The average molecular weight is 398 g/mol. The van der Waals surface area contributed by atoms with Gasteiger partial charge < -0.3 is 0 Å². The van der Waals surface area contributed by atoms with Crippen LogP contribution in [0.2, 0.25) is 0 Å². The number of nitrogens with zero attached hydrogens (tertiary/aromatic N) is 1. The molecular weight excluding hydrogens is 362 g/mol. The minimum atomic E-state index is 0.206. The molecule has 1 aliphatic heterocycles. The molecule has 2 unspecified atom stereocenters. The van der Waals surface area contributed by atoms with Crippen LogP contribution in [0.3, 0.4) is 0 Å². The molecule has 1 heteroatoms.